The molecule has 32 heavy (non-hydrogen) atoms. The first-order valence-electron chi connectivity index (χ1n) is 10.4. The van der Waals surface area contributed by atoms with Gasteiger partial charge in [0.2, 0.25) is 0 Å². The number of carbonyl (C=O) groups excluding carboxylic acids is 1. The Hall–Kier alpha value is -2.49. The van der Waals surface area contributed by atoms with E-state index in [1.54, 1.807) is 0 Å². The number of alkyl halides is 3. The van der Waals surface area contributed by atoms with Gasteiger partial charge in [-0.3, -0.25) is 14.6 Å². The zero-order valence-corrected chi connectivity index (χ0v) is 18.7. The molecule has 1 aliphatic heterocycles. The van der Waals surface area contributed by atoms with Crippen LogP contribution < -0.4 is 4.90 Å². The van der Waals surface area contributed by atoms with Crippen molar-refractivity contribution in [1.29, 1.82) is 0 Å². The van der Waals surface area contributed by atoms with Crippen LogP contribution in [-0.2, 0) is 10.9 Å². The number of anilines is 1. The first kappa shape index (κ1) is 22.7. The van der Waals surface area contributed by atoms with Crippen molar-refractivity contribution >= 4 is 32.6 Å². The SMILES string of the molecule is Cc1cc2nc(N(CCN3CCOCC3)C(=O)c3cccc(C(F)(F)F)c3)sc2cc1C. The summed E-state index contributed by atoms with van der Waals surface area (Å²) in [5, 5.41) is 0.487. The molecule has 5 nitrogen and oxygen atoms in total. The van der Waals surface area contributed by atoms with Crippen molar-refractivity contribution in [2.24, 2.45) is 0 Å². The van der Waals surface area contributed by atoms with E-state index in [-0.39, 0.29) is 5.56 Å². The second kappa shape index (κ2) is 9.17. The average molecular weight is 464 g/mol. The molecule has 1 fully saturated rings. The third-order valence-corrected chi connectivity index (χ3v) is 6.69. The van der Waals surface area contributed by atoms with Gasteiger partial charge in [0.15, 0.2) is 5.13 Å². The molecule has 0 aliphatic carbocycles. The van der Waals surface area contributed by atoms with E-state index in [0.29, 0.717) is 31.4 Å². The lowest BCUT2D eigenvalue weighted by molar-refractivity contribution is -0.137. The zero-order valence-electron chi connectivity index (χ0n) is 17.9. The molecule has 0 bridgehead atoms. The highest BCUT2D eigenvalue weighted by molar-refractivity contribution is 7.22. The highest BCUT2D eigenvalue weighted by Crippen LogP contribution is 2.33. The summed E-state index contributed by atoms with van der Waals surface area (Å²) < 4.78 is 45.9. The number of hydrogen-bond donors (Lipinski definition) is 0. The Kier molecular flexibility index (Phi) is 6.50. The number of fused-ring (bicyclic) bond motifs is 1. The summed E-state index contributed by atoms with van der Waals surface area (Å²) in [4.78, 5) is 21.7. The number of thiazole rings is 1. The maximum absolute atomic E-state index is 13.4. The van der Waals surface area contributed by atoms with E-state index in [4.69, 9.17) is 4.74 Å². The number of aryl methyl sites for hydroxylation is 2. The molecule has 4 rings (SSSR count). The van der Waals surface area contributed by atoms with Crippen molar-refractivity contribution < 1.29 is 22.7 Å². The fraction of sp³-hybridized carbons (Fsp3) is 0.391. The monoisotopic (exact) mass is 463 g/mol. The summed E-state index contributed by atoms with van der Waals surface area (Å²) in [6.07, 6.45) is -4.51. The van der Waals surface area contributed by atoms with E-state index in [2.05, 4.69) is 9.88 Å². The molecule has 0 N–H and O–H groups in total. The van der Waals surface area contributed by atoms with E-state index >= 15 is 0 Å². The van der Waals surface area contributed by atoms with E-state index < -0.39 is 17.6 Å². The van der Waals surface area contributed by atoms with Crippen LogP contribution in [0.25, 0.3) is 10.2 Å². The van der Waals surface area contributed by atoms with Crippen LogP contribution >= 0.6 is 11.3 Å². The van der Waals surface area contributed by atoms with Crippen LogP contribution in [0, 0.1) is 13.8 Å². The predicted molar refractivity (Wildman–Crippen MR) is 119 cm³/mol. The Bertz CT molecular complexity index is 1080. The van der Waals surface area contributed by atoms with Crippen LogP contribution in [0.5, 0.6) is 0 Å². The lowest BCUT2D eigenvalue weighted by Gasteiger charge is -2.29. The molecule has 2 heterocycles. The Morgan fingerprint density at radius 1 is 1.16 bits per heavy atom. The van der Waals surface area contributed by atoms with Crippen LogP contribution in [0.2, 0.25) is 0 Å². The second-order valence-corrected chi connectivity index (χ2v) is 8.90. The Morgan fingerprint density at radius 2 is 1.88 bits per heavy atom. The van der Waals surface area contributed by atoms with E-state index in [1.165, 1.54) is 28.4 Å². The van der Waals surface area contributed by atoms with Crippen molar-refractivity contribution in [3.63, 3.8) is 0 Å². The van der Waals surface area contributed by atoms with E-state index in [1.807, 2.05) is 26.0 Å². The molecule has 0 radical (unpaired) electrons. The van der Waals surface area contributed by atoms with Crippen molar-refractivity contribution in [2.75, 3.05) is 44.3 Å². The van der Waals surface area contributed by atoms with Crippen molar-refractivity contribution in [1.82, 2.24) is 9.88 Å². The topological polar surface area (TPSA) is 45.7 Å². The van der Waals surface area contributed by atoms with Crippen LogP contribution in [0.1, 0.15) is 27.0 Å². The van der Waals surface area contributed by atoms with Gasteiger partial charge >= 0.3 is 6.18 Å². The molecule has 0 saturated carbocycles. The van der Waals surface area contributed by atoms with Gasteiger partial charge in [-0.2, -0.15) is 13.2 Å². The number of halogens is 3. The fourth-order valence-corrected chi connectivity index (χ4v) is 4.69. The van der Waals surface area contributed by atoms with Crippen LogP contribution in [-0.4, -0.2) is 55.2 Å². The molecule has 3 aromatic rings. The minimum absolute atomic E-state index is 0.00609. The molecule has 2 aromatic carbocycles. The molecule has 1 aliphatic rings. The number of carbonyl (C=O) groups is 1. The Morgan fingerprint density at radius 3 is 2.59 bits per heavy atom. The molecule has 1 aromatic heterocycles. The third kappa shape index (κ3) is 4.95. The number of aromatic nitrogens is 1. The summed E-state index contributed by atoms with van der Waals surface area (Å²) in [6, 6.07) is 8.56. The summed E-state index contributed by atoms with van der Waals surface area (Å²) in [5.41, 5.74) is 2.15. The zero-order chi connectivity index (χ0) is 22.9. The van der Waals surface area contributed by atoms with Crippen molar-refractivity contribution in [3.8, 4) is 0 Å². The first-order valence-corrected chi connectivity index (χ1v) is 11.2. The van der Waals surface area contributed by atoms with Gasteiger partial charge < -0.3 is 4.74 Å². The van der Waals surface area contributed by atoms with Crippen LogP contribution in [0.15, 0.2) is 36.4 Å². The molecule has 1 amide bonds. The fourth-order valence-electron chi connectivity index (χ4n) is 3.62. The Balaban J connectivity index is 1.68. The normalized spacial score (nSPS) is 15.3. The van der Waals surface area contributed by atoms with Gasteiger partial charge in [0.25, 0.3) is 5.91 Å². The van der Waals surface area contributed by atoms with Gasteiger partial charge in [-0.25, -0.2) is 4.98 Å². The maximum Gasteiger partial charge on any atom is 0.416 e. The minimum atomic E-state index is -4.51. The summed E-state index contributed by atoms with van der Waals surface area (Å²) >= 11 is 1.38. The lowest BCUT2D eigenvalue weighted by Crippen LogP contribution is -2.43. The largest absolute Gasteiger partial charge is 0.416 e. The smallest absolute Gasteiger partial charge is 0.379 e. The molecule has 0 atom stereocenters. The average Bonchev–Trinajstić information content (AvgIpc) is 3.16. The Labute approximate surface area is 188 Å². The molecule has 170 valence electrons. The number of benzene rings is 2. The molecular formula is C23H24F3N3O2S. The standard InChI is InChI=1S/C23H24F3N3O2S/c1-15-12-19-20(13-16(15)2)32-22(27-19)29(7-6-28-8-10-31-11-9-28)21(30)17-4-3-5-18(14-17)23(24,25)26/h3-5,12-14H,6-11H2,1-2H3. The third-order valence-electron chi connectivity index (χ3n) is 5.65. The first-order chi connectivity index (χ1) is 15.2. The van der Waals surface area contributed by atoms with Crippen LogP contribution in [0.3, 0.4) is 0 Å². The quantitative estimate of drug-likeness (QED) is 0.539. The maximum atomic E-state index is 13.4. The lowest BCUT2D eigenvalue weighted by atomic mass is 10.1. The number of amides is 1. The molecular weight excluding hydrogens is 439 g/mol. The number of hydrogen-bond acceptors (Lipinski definition) is 5. The van der Waals surface area contributed by atoms with Gasteiger partial charge in [-0.1, -0.05) is 17.4 Å². The summed E-state index contributed by atoms with van der Waals surface area (Å²) in [7, 11) is 0. The summed E-state index contributed by atoms with van der Waals surface area (Å²) in [6.45, 7) is 7.68. The van der Waals surface area contributed by atoms with Gasteiger partial charge in [0.05, 0.1) is 29.0 Å². The number of ether oxygens (including phenoxy) is 1. The highest BCUT2D eigenvalue weighted by atomic mass is 32.1. The summed E-state index contributed by atoms with van der Waals surface area (Å²) in [5.74, 6) is -0.489. The van der Waals surface area contributed by atoms with Crippen LogP contribution in [0.4, 0.5) is 18.3 Å². The van der Waals surface area contributed by atoms with Gasteiger partial charge in [0.1, 0.15) is 0 Å². The van der Waals surface area contributed by atoms with Crippen molar-refractivity contribution in [3.05, 3.63) is 58.7 Å². The highest BCUT2D eigenvalue weighted by Gasteiger charge is 2.32. The van der Waals surface area contributed by atoms with E-state index in [9.17, 15) is 18.0 Å². The molecule has 1 saturated heterocycles. The van der Waals surface area contributed by atoms with Gasteiger partial charge in [-0.15, -0.1) is 0 Å². The van der Waals surface area contributed by atoms with Gasteiger partial charge in [0, 0.05) is 31.7 Å². The molecule has 0 spiro atoms. The van der Waals surface area contributed by atoms with Crippen molar-refractivity contribution in [2.45, 2.75) is 20.0 Å². The molecule has 0 unspecified atom stereocenters. The number of nitrogens with zero attached hydrogens (tertiary/aromatic N) is 3. The molecule has 9 heteroatoms. The van der Waals surface area contributed by atoms with E-state index in [0.717, 1.165) is 46.6 Å². The number of morpholine rings is 1. The second-order valence-electron chi connectivity index (χ2n) is 7.89. The number of rotatable bonds is 5. The minimum Gasteiger partial charge on any atom is -0.379 e. The van der Waals surface area contributed by atoms with Gasteiger partial charge in [-0.05, 0) is 55.3 Å². The predicted octanol–water partition coefficient (Wildman–Crippen LogP) is 4.91.